The fraction of sp³-hybridized carbons (Fsp3) is 0.455. The summed E-state index contributed by atoms with van der Waals surface area (Å²) in [7, 11) is -1.94. The van der Waals surface area contributed by atoms with E-state index < -0.39 is 8.32 Å². The Labute approximate surface area is 169 Å². The number of hydrogen-bond acceptors (Lipinski definition) is 4. The Morgan fingerprint density at radius 3 is 2.37 bits per heavy atom. The van der Waals surface area contributed by atoms with Crippen molar-refractivity contribution in [2.24, 2.45) is 0 Å². The second kappa shape index (κ2) is 9.67. The Balaban J connectivity index is 2.04. The summed E-state index contributed by atoms with van der Waals surface area (Å²) in [6, 6.07) is 16.0. The van der Waals surface area contributed by atoms with Crippen molar-refractivity contribution in [2.45, 2.75) is 69.3 Å². The fourth-order valence-corrected chi connectivity index (χ4v) is 4.67. The van der Waals surface area contributed by atoms with Gasteiger partial charge in [0.05, 0.1) is 6.10 Å². The molecule has 1 aromatic carbocycles. The summed E-state index contributed by atoms with van der Waals surface area (Å²) in [5.41, 5.74) is 1.28. The Hall–Kier alpha value is -1.43. The van der Waals surface area contributed by atoms with Gasteiger partial charge in [-0.1, -0.05) is 57.2 Å². The minimum absolute atomic E-state index is 0.0604. The summed E-state index contributed by atoms with van der Waals surface area (Å²) in [5.74, 6) is 0. The van der Waals surface area contributed by atoms with Crippen molar-refractivity contribution in [1.29, 1.82) is 0 Å². The Morgan fingerprint density at radius 2 is 1.78 bits per heavy atom. The molecule has 2 rings (SSSR count). The van der Waals surface area contributed by atoms with Crippen LogP contribution < -0.4 is 0 Å². The van der Waals surface area contributed by atoms with Crippen LogP contribution in [0.5, 0.6) is 0 Å². The van der Waals surface area contributed by atoms with E-state index in [-0.39, 0.29) is 16.3 Å². The number of nitrogens with zero attached hydrogens (tertiary/aromatic N) is 1. The number of carbonyl (C=O) groups is 1. The molecule has 0 N–H and O–H groups in total. The molecule has 0 unspecified atom stereocenters. The molecule has 3 nitrogen and oxygen atoms in total. The maximum absolute atomic E-state index is 12.6. The number of rotatable bonds is 8. The summed E-state index contributed by atoms with van der Waals surface area (Å²) >= 11 is 1.21. The van der Waals surface area contributed by atoms with Gasteiger partial charge in [-0.2, -0.15) is 0 Å². The van der Waals surface area contributed by atoms with Crippen LogP contribution in [0.15, 0.2) is 59.8 Å². The lowest BCUT2D eigenvalue weighted by atomic mass is 10.1. The molecule has 27 heavy (non-hydrogen) atoms. The smallest absolute Gasteiger partial charge is 0.197 e. The van der Waals surface area contributed by atoms with E-state index in [4.69, 9.17) is 4.43 Å². The van der Waals surface area contributed by atoms with Gasteiger partial charge in [0.15, 0.2) is 13.4 Å². The quantitative estimate of drug-likeness (QED) is 0.395. The predicted octanol–water partition coefficient (Wildman–Crippen LogP) is 6.11. The highest BCUT2D eigenvalue weighted by Crippen LogP contribution is 2.38. The van der Waals surface area contributed by atoms with Crippen molar-refractivity contribution in [3.05, 3.63) is 60.3 Å². The van der Waals surface area contributed by atoms with Crippen LogP contribution in [0.1, 0.15) is 39.2 Å². The van der Waals surface area contributed by atoms with Crippen LogP contribution in [0.2, 0.25) is 18.1 Å². The minimum Gasteiger partial charge on any atom is -0.413 e. The van der Waals surface area contributed by atoms with Gasteiger partial charge in [0.1, 0.15) is 5.03 Å². The molecule has 0 spiro atoms. The van der Waals surface area contributed by atoms with Crippen molar-refractivity contribution in [1.82, 2.24) is 4.98 Å². The predicted molar refractivity (Wildman–Crippen MR) is 117 cm³/mol. The fourth-order valence-electron chi connectivity index (χ4n) is 2.52. The summed E-state index contributed by atoms with van der Waals surface area (Å²) in [4.78, 5) is 16.9. The van der Waals surface area contributed by atoms with Crippen LogP contribution in [0.4, 0.5) is 0 Å². The third kappa shape index (κ3) is 7.24. The molecule has 5 heteroatoms. The number of aryl methyl sites for hydroxylation is 1. The van der Waals surface area contributed by atoms with Gasteiger partial charge in [0.2, 0.25) is 0 Å². The molecular weight excluding hydrogens is 370 g/mol. The number of hydrogen-bond donors (Lipinski definition) is 0. The highest BCUT2D eigenvalue weighted by Gasteiger charge is 2.39. The van der Waals surface area contributed by atoms with E-state index in [1.165, 1.54) is 17.3 Å². The van der Waals surface area contributed by atoms with Gasteiger partial charge in [-0.25, -0.2) is 4.98 Å². The van der Waals surface area contributed by atoms with Crippen LogP contribution in [0.25, 0.3) is 0 Å². The van der Waals surface area contributed by atoms with Crippen LogP contribution in [0.3, 0.4) is 0 Å². The lowest BCUT2D eigenvalue weighted by Gasteiger charge is -2.39. The first kappa shape index (κ1) is 21.9. The summed E-state index contributed by atoms with van der Waals surface area (Å²) < 4.78 is 6.62. The van der Waals surface area contributed by atoms with Crippen molar-refractivity contribution >= 4 is 25.2 Å². The molecule has 0 saturated carbocycles. The second-order valence-corrected chi connectivity index (χ2v) is 14.2. The first-order valence-electron chi connectivity index (χ1n) is 9.51. The van der Waals surface area contributed by atoms with Crippen LogP contribution in [-0.4, -0.2) is 24.5 Å². The zero-order chi connectivity index (χ0) is 19.9. The minimum atomic E-state index is -1.94. The van der Waals surface area contributed by atoms with Gasteiger partial charge in [-0.15, -0.1) is 0 Å². The van der Waals surface area contributed by atoms with E-state index in [9.17, 15) is 4.79 Å². The number of thioether (sulfide) groups is 1. The monoisotopic (exact) mass is 401 g/mol. The zero-order valence-corrected chi connectivity index (χ0v) is 18.9. The Bertz CT molecular complexity index is 714. The first-order valence-corrected chi connectivity index (χ1v) is 13.2. The van der Waals surface area contributed by atoms with E-state index >= 15 is 0 Å². The van der Waals surface area contributed by atoms with Crippen molar-refractivity contribution in [3.8, 4) is 0 Å². The van der Waals surface area contributed by atoms with Gasteiger partial charge in [0, 0.05) is 12.6 Å². The average Bonchev–Trinajstić information content (AvgIpc) is 2.60. The molecule has 146 valence electrons. The molecule has 0 radical (unpaired) electrons. The van der Waals surface area contributed by atoms with E-state index in [2.05, 4.69) is 63.1 Å². The number of pyridine rings is 1. The maximum Gasteiger partial charge on any atom is 0.197 e. The molecule has 0 aliphatic rings. The highest BCUT2D eigenvalue weighted by molar-refractivity contribution is 8.13. The normalized spacial score (nSPS) is 13.4. The summed E-state index contributed by atoms with van der Waals surface area (Å²) in [6.45, 7) is 11.2. The number of benzene rings is 1. The third-order valence-electron chi connectivity index (χ3n) is 5.12. The molecule has 0 aliphatic carbocycles. The van der Waals surface area contributed by atoms with Crippen LogP contribution in [0, 0.1) is 0 Å². The van der Waals surface area contributed by atoms with Gasteiger partial charge in [0.25, 0.3) is 0 Å². The van der Waals surface area contributed by atoms with Crippen molar-refractivity contribution in [2.75, 3.05) is 0 Å². The molecule has 0 aliphatic heterocycles. The van der Waals surface area contributed by atoms with E-state index in [0.29, 0.717) is 6.42 Å². The topological polar surface area (TPSA) is 39.2 Å². The van der Waals surface area contributed by atoms with E-state index in [1.807, 2.05) is 24.3 Å². The molecule has 0 fully saturated rings. The molecule has 1 heterocycles. The molecule has 1 atom stereocenters. The van der Waals surface area contributed by atoms with Gasteiger partial charge < -0.3 is 4.43 Å². The number of carbonyl (C=O) groups excluding carboxylic acids is 1. The van der Waals surface area contributed by atoms with E-state index in [0.717, 1.165) is 17.9 Å². The van der Waals surface area contributed by atoms with Gasteiger partial charge in [-0.05, 0) is 60.4 Å². The lowest BCUT2D eigenvalue weighted by molar-refractivity contribution is -0.112. The Kier molecular flexibility index (Phi) is 7.83. The third-order valence-corrected chi connectivity index (χ3v) is 10.5. The van der Waals surface area contributed by atoms with Crippen molar-refractivity contribution in [3.63, 3.8) is 0 Å². The lowest BCUT2D eigenvalue weighted by Crippen LogP contribution is -2.44. The first-order chi connectivity index (χ1) is 12.7. The standard InChI is InChI=1S/C22H31NO2SSi/c1-22(2,3)27(4,5)25-19(15-14-18-11-7-6-8-12-18)17-21(24)26-20-13-9-10-16-23-20/h6-13,16,19H,14-15,17H2,1-5H3/t19-/m1/s1. The SMILES string of the molecule is CC(C)(C)[Si](C)(C)O[C@H](CCc1ccccc1)CC(=O)Sc1ccccn1. The molecule has 1 aromatic heterocycles. The second-order valence-electron chi connectivity index (χ2n) is 8.37. The molecule has 0 saturated heterocycles. The average molecular weight is 402 g/mol. The zero-order valence-electron chi connectivity index (χ0n) is 17.1. The molecular formula is C22H31NO2SSi. The van der Waals surface area contributed by atoms with Gasteiger partial charge in [-0.3, -0.25) is 4.79 Å². The maximum atomic E-state index is 12.6. The number of aromatic nitrogens is 1. The highest BCUT2D eigenvalue weighted by atomic mass is 32.2. The molecule has 2 aromatic rings. The molecule has 0 amide bonds. The largest absolute Gasteiger partial charge is 0.413 e. The molecule has 0 bridgehead atoms. The van der Waals surface area contributed by atoms with Crippen molar-refractivity contribution < 1.29 is 9.22 Å². The van der Waals surface area contributed by atoms with Crippen LogP contribution >= 0.6 is 11.8 Å². The van der Waals surface area contributed by atoms with E-state index in [1.54, 1.807) is 6.20 Å². The summed E-state index contributed by atoms with van der Waals surface area (Å²) in [6.07, 6.45) is 3.84. The summed E-state index contributed by atoms with van der Waals surface area (Å²) in [5, 5.41) is 0.983. The Morgan fingerprint density at radius 1 is 1.11 bits per heavy atom. The van der Waals surface area contributed by atoms with Gasteiger partial charge >= 0.3 is 0 Å². The van der Waals surface area contributed by atoms with Crippen LogP contribution in [-0.2, 0) is 15.6 Å².